The third-order valence-electron chi connectivity index (χ3n) is 5.34. The molecule has 1 unspecified atom stereocenters. The molecule has 1 aliphatic carbocycles. The van der Waals surface area contributed by atoms with Crippen LogP contribution in [0.15, 0.2) is 34.8 Å². The smallest absolute Gasteiger partial charge is 0.416 e. The van der Waals surface area contributed by atoms with Gasteiger partial charge in [0.15, 0.2) is 0 Å². The van der Waals surface area contributed by atoms with Gasteiger partial charge in [0.1, 0.15) is 17.6 Å². The summed E-state index contributed by atoms with van der Waals surface area (Å²) in [5, 5.41) is 0. The van der Waals surface area contributed by atoms with Gasteiger partial charge in [-0.25, -0.2) is 0 Å². The van der Waals surface area contributed by atoms with Crippen molar-refractivity contribution < 1.29 is 32.2 Å². The average molecular weight is 471 g/mol. The fourth-order valence-electron chi connectivity index (χ4n) is 3.87. The third kappa shape index (κ3) is 3.95. The van der Waals surface area contributed by atoms with Gasteiger partial charge >= 0.3 is 12.1 Å². The van der Waals surface area contributed by atoms with Gasteiger partial charge < -0.3 is 14.2 Å². The van der Waals surface area contributed by atoms with Gasteiger partial charge in [0.05, 0.1) is 25.7 Å². The number of hydrogen-bond acceptors (Lipinski definition) is 4. The molecule has 0 fully saturated rings. The van der Waals surface area contributed by atoms with Crippen LogP contribution in [0.2, 0.25) is 0 Å². The zero-order valence-corrected chi connectivity index (χ0v) is 17.1. The van der Waals surface area contributed by atoms with E-state index in [-0.39, 0.29) is 18.3 Å². The molecule has 0 amide bonds. The summed E-state index contributed by atoms with van der Waals surface area (Å²) >= 11 is 3.26. The maximum Gasteiger partial charge on any atom is 0.416 e. The maximum atomic E-state index is 13.2. The van der Waals surface area contributed by atoms with Gasteiger partial charge in [-0.3, -0.25) is 4.79 Å². The highest BCUT2D eigenvalue weighted by molar-refractivity contribution is 9.10. The third-order valence-corrected chi connectivity index (χ3v) is 6.05. The second kappa shape index (κ2) is 7.55. The summed E-state index contributed by atoms with van der Waals surface area (Å²) in [7, 11) is 1.35. The van der Waals surface area contributed by atoms with E-state index in [1.54, 1.807) is 12.1 Å². The number of benzene rings is 2. The van der Waals surface area contributed by atoms with Crippen LogP contribution in [-0.4, -0.2) is 19.7 Å². The molecule has 4 nitrogen and oxygen atoms in total. The Bertz CT molecular complexity index is 958. The van der Waals surface area contributed by atoms with E-state index >= 15 is 0 Å². The SMILES string of the molecule is COC(=O)C[C@@H]1COc2cc(OC3CCc4c(Br)cc(C(F)(F)F)cc43)ccc21. The minimum atomic E-state index is -4.42. The first-order chi connectivity index (χ1) is 13.8. The van der Waals surface area contributed by atoms with Crippen molar-refractivity contribution in [2.75, 3.05) is 13.7 Å². The predicted octanol–water partition coefficient (Wildman–Crippen LogP) is 5.57. The van der Waals surface area contributed by atoms with E-state index in [2.05, 4.69) is 15.9 Å². The van der Waals surface area contributed by atoms with Gasteiger partial charge in [0.25, 0.3) is 0 Å². The first-order valence-electron chi connectivity index (χ1n) is 9.16. The molecule has 2 aliphatic rings. The Hall–Kier alpha value is -2.22. The van der Waals surface area contributed by atoms with E-state index in [0.717, 1.165) is 17.2 Å². The Morgan fingerprint density at radius 3 is 2.76 bits per heavy atom. The number of fused-ring (bicyclic) bond motifs is 2. The van der Waals surface area contributed by atoms with Crippen LogP contribution in [0.1, 0.15) is 47.1 Å². The van der Waals surface area contributed by atoms with E-state index in [9.17, 15) is 18.0 Å². The number of ether oxygens (including phenoxy) is 3. The van der Waals surface area contributed by atoms with Crippen molar-refractivity contribution in [1.29, 1.82) is 0 Å². The Kier molecular flexibility index (Phi) is 5.23. The molecule has 154 valence electrons. The fourth-order valence-corrected chi connectivity index (χ4v) is 4.55. The maximum absolute atomic E-state index is 13.2. The molecule has 0 spiro atoms. The highest BCUT2D eigenvalue weighted by Gasteiger charge is 2.35. The van der Waals surface area contributed by atoms with Crippen molar-refractivity contribution in [3.05, 3.63) is 57.1 Å². The van der Waals surface area contributed by atoms with Gasteiger partial charge in [-0.05, 0) is 42.2 Å². The van der Waals surface area contributed by atoms with E-state index in [0.29, 0.717) is 41.0 Å². The molecule has 8 heteroatoms. The van der Waals surface area contributed by atoms with E-state index in [4.69, 9.17) is 14.2 Å². The molecule has 0 aromatic heterocycles. The van der Waals surface area contributed by atoms with Gasteiger partial charge in [-0.2, -0.15) is 13.2 Å². The molecular formula is C21H18BrF3O4. The summed E-state index contributed by atoms with van der Waals surface area (Å²) in [4.78, 5) is 11.5. The molecule has 2 atom stereocenters. The molecule has 1 heterocycles. The minimum absolute atomic E-state index is 0.0796. The fraction of sp³-hybridized carbons (Fsp3) is 0.381. The number of rotatable bonds is 4. The molecule has 0 bridgehead atoms. The summed E-state index contributed by atoms with van der Waals surface area (Å²) in [6.07, 6.45) is -3.41. The van der Waals surface area contributed by atoms with Crippen LogP contribution in [0.3, 0.4) is 0 Å². The molecule has 2 aromatic rings. The summed E-state index contributed by atoms with van der Waals surface area (Å²) in [6.45, 7) is 0.377. The highest BCUT2D eigenvalue weighted by Crippen LogP contribution is 2.44. The minimum Gasteiger partial charge on any atom is -0.492 e. The second-order valence-electron chi connectivity index (χ2n) is 7.16. The molecule has 0 N–H and O–H groups in total. The lowest BCUT2D eigenvalue weighted by molar-refractivity contribution is -0.141. The van der Waals surface area contributed by atoms with Crippen LogP contribution < -0.4 is 9.47 Å². The Morgan fingerprint density at radius 2 is 2.03 bits per heavy atom. The standard InChI is InChI=1S/C21H18BrF3O4/c1-27-20(26)6-11-10-28-19-9-13(2-3-14(11)19)29-18-5-4-15-16(18)7-12(8-17(15)22)21(23,24)25/h2-3,7-9,11,18H,4-6,10H2,1H3/t11-,18?/m1/s1. The summed E-state index contributed by atoms with van der Waals surface area (Å²) in [6, 6.07) is 7.62. The van der Waals surface area contributed by atoms with Gasteiger partial charge in [0.2, 0.25) is 0 Å². The molecule has 1 aliphatic heterocycles. The van der Waals surface area contributed by atoms with Crippen LogP contribution in [0, 0.1) is 0 Å². The van der Waals surface area contributed by atoms with Crippen molar-refractivity contribution in [3.63, 3.8) is 0 Å². The quantitative estimate of drug-likeness (QED) is 0.547. The molecule has 4 rings (SSSR count). The molecule has 0 radical (unpaired) electrons. The van der Waals surface area contributed by atoms with Crippen LogP contribution in [-0.2, 0) is 22.1 Å². The first kappa shape index (κ1) is 20.1. The van der Waals surface area contributed by atoms with E-state index in [1.807, 2.05) is 6.07 Å². The highest BCUT2D eigenvalue weighted by atomic mass is 79.9. The molecule has 0 saturated carbocycles. The van der Waals surface area contributed by atoms with Crippen LogP contribution in [0.5, 0.6) is 11.5 Å². The molecule has 29 heavy (non-hydrogen) atoms. The van der Waals surface area contributed by atoms with E-state index < -0.39 is 17.8 Å². The molecule has 0 saturated heterocycles. The number of halogens is 4. The van der Waals surface area contributed by atoms with Crippen LogP contribution in [0.25, 0.3) is 0 Å². The largest absolute Gasteiger partial charge is 0.492 e. The summed E-state index contributed by atoms with van der Waals surface area (Å²) < 4.78 is 56.4. The van der Waals surface area contributed by atoms with Gasteiger partial charge in [0, 0.05) is 22.0 Å². The summed E-state index contributed by atoms with van der Waals surface area (Å²) in [5.74, 6) is 0.762. The number of hydrogen-bond donors (Lipinski definition) is 0. The lowest BCUT2D eigenvalue weighted by Gasteiger charge is -2.18. The number of methoxy groups -OCH3 is 1. The monoisotopic (exact) mass is 470 g/mol. The van der Waals surface area contributed by atoms with Crippen molar-refractivity contribution in [1.82, 2.24) is 0 Å². The Balaban J connectivity index is 1.55. The first-order valence-corrected chi connectivity index (χ1v) is 9.95. The zero-order chi connectivity index (χ0) is 20.8. The van der Waals surface area contributed by atoms with Crippen molar-refractivity contribution in [2.24, 2.45) is 0 Å². The zero-order valence-electron chi connectivity index (χ0n) is 15.5. The lowest BCUT2D eigenvalue weighted by atomic mass is 9.98. The number of alkyl halides is 3. The van der Waals surface area contributed by atoms with Crippen molar-refractivity contribution in [3.8, 4) is 11.5 Å². The van der Waals surface area contributed by atoms with Crippen molar-refractivity contribution in [2.45, 2.75) is 37.5 Å². The number of esters is 1. The van der Waals surface area contributed by atoms with Crippen LogP contribution >= 0.6 is 15.9 Å². The summed E-state index contributed by atoms with van der Waals surface area (Å²) in [5.41, 5.74) is 1.61. The number of carbonyl (C=O) groups excluding carboxylic acids is 1. The molecular weight excluding hydrogens is 453 g/mol. The Labute approximate surface area is 174 Å². The Morgan fingerprint density at radius 1 is 1.24 bits per heavy atom. The number of carbonyl (C=O) groups is 1. The predicted molar refractivity (Wildman–Crippen MR) is 102 cm³/mol. The van der Waals surface area contributed by atoms with Crippen LogP contribution in [0.4, 0.5) is 13.2 Å². The average Bonchev–Trinajstić information content (AvgIpc) is 3.25. The molecule has 2 aromatic carbocycles. The van der Waals surface area contributed by atoms with Crippen molar-refractivity contribution >= 4 is 21.9 Å². The van der Waals surface area contributed by atoms with Gasteiger partial charge in [-0.15, -0.1) is 0 Å². The normalized spacial score (nSPS) is 20.0. The second-order valence-corrected chi connectivity index (χ2v) is 8.01. The van der Waals surface area contributed by atoms with E-state index in [1.165, 1.54) is 13.2 Å². The van der Waals surface area contributed by atoms with Gasteiger partial charge in [-0.1, -0.05) is 22.0 Å². The topological polar surface area (TPSA) is 44.8 Å². The lowest BCUT2D eigenvalue weighted by Crippen LogP contribution is -2.09.